The van der Waals surface area contributed by atoms with Crippen LogP contribution in [0.2, 0.25) is 0 Å². The lowest BCUT2D eigenvalue weighted by Gasteiger charge is -2.24. The van der Waals surface area contributed by atoms with Crippen LogP contribution in [0, 0.1) is 13.8 Å². The molecule has 0 saturated heterocycles. The number of amides is 1. The molecule has 0 heterocycles. The second-order valence-electron chi connectivity index (χ2n) is 5.78. The molecule has 0 spiro atoms. The van der Waals surface area contributed by atoms with E-state index in [9.17, 15) is 23.1 Å². The fourth-order valence-electron chi connectivity index (χ4n) is 2.10. The second kappa shape index (κ2) is 9.00. The number of hydrogen-bond acceptors (Lipinski definition) is 4. The number of anilines is 1. The number of benzene rings is 1. The molecule has 1 rings (SSSR count). The van der Waals surface area contributed by atoms with Gasteiger partial charge in [-0.15, -0.1) is 0 Å². The van der Waals surface area contributed by atoms with Crippen LogP contribution >= 0.6 is 0 Å². The zero-order valence-corrected chi connectivity index (χ0v) is 13.7. The first-order chi connectivity index (χ1) is 11.1. The molecule has 0 aliphatic carbocycles. The minimum absolute atomic E-state index is 0.215. The zero-order chi connectivity index (χ0) is 18.3. The van der Waals surface area contributed by atoms with E-state index in [1.807, 2.05) is 19.9 Å². The van der Waals surface area contributed by atoms with Crippen LogP contribution in [-0.4, -0.2) is 59.5 Å². The molecule has 3 N–H and O–H groups in total. The molecule has 24 heavy (non-hydrogen) atoms. The number of nitrogens with zero attached hydrogens (tertiary/aromatic N) is 1. The average molecular weight is 348 g/mol. The quantitative estimate of drug-likeness (QED) is 0.670. The van der Waals surface area contributed by atoms with Crippen molar-refractivity contribution in [2.75, 3.05) is 31.6 Å². The maximum Gasteiger partial charge on any atom is 0.390 e. The van der Waals surface area contributed by atoms with Crippen LogP contribution in [0.15, 0.2) is 18.2 Å². The van der Waals surface area contributed by atoms with Gasteiger partial charge in [-0.25, -0.2) is 0 Å². The van der Waals surface area contributed by atoms with Gasteiger partial charge >= 0.3 is 6.18 Å². The van der Waals surface area contributed by atoms with E-state index in [1.165, 1.54) is 4.90 Å². The number of carbonyl (C=O) groups is 1. The number of carbonyl (C=O) groups excluding carboxylic acids is 1. The summed E-state index contributed by atoms with van der Waals surface area (Å²) in [7, 11) is 0. The molecule has 0 aromatic heterocycles. The molecule has 0 aliphatic heterocycles. The van der Waals surface area contributed by atoms with Crippen molar-refractivity contribution >= 4 is 11.6 Å². The highest BCUT2D eigenvalue weighted by Crippen LogP contribution is 2.20. The Morgan fingerprint density at radius 1 is 1.29 bits per heavy atom. The third-order valence-corrected chi connectivity index (χ3v) is 3.55. The van der Waals surface area contributed by atoms with Crippen molar-refractivity contribution in [1.82, 2.24) is 4.90 Å². The maximum atomic E-state index is 12.4. The van der Waals surface area contributed by atoms with E-state index in [2.05, 4.69) is 5.32 Å². The fraction of sp³-hybridized carbons (Fsp3) is 0.562. The van der Waals surface area contributed by atoms with Gasteiger partial charge in [-0.3, -0.25) is 9.69 Å². The highest BCUT2D eigenvalue weighted by Gasteiger charge is 2.28. The summed E-state index contributed by atoms with van der Waals surface area (Å²) in [5.41, 5.74) is 2.60. The molecule has 0 unspecified atom stereocenters. The Balaban J connectivity index is 2.65. The lowest BCUT2D eigenvalue weighted by molar-refractivity contribution is -0.140. The number of rotatable bonds is 8. The first-order valence-corrected chi connectivity index (χ1v) is 7.56. The number of nitrogens with one attached hydrogen (secondary N) is 1. The minimum atomic E-state index is -4.35. The van der Waals surface area contributed by atoms with Crippen LogP contribution in [0.4, 0.5) is 18.9 Å². The smallest absolute Gasteiger partial charge is 0.390 e. The van der Waals surface area contributed by atoms with Crippen molar-refractivity contribution in [1.29, 1.82) is 0 Å². The summed E-state index contributed by atoms with van der Waals surface area (Å²) in [6.45, 7) is 2.28. The molecule has 1 aromatic rings. The number of aliphatic hydroxyl groups excluding tert-OH is 2. The van der Waals surface area contributed by atoms with Crippen LogP contribution in [0.3, 0.4) is 0 Å². The minimum Gasteiger partial charge on any atom is -0.394 e. The van der Waals surface area contributed by atoms with Gasteiger partial charge in [0, 0.05) is 18.8 Å². The van der Waals surface area contributed by atoms with Gasteiger partial charge in [0.25, 0.3) is 0 Å². The van der Waals surface area contributed by atoms with Crippen molar-refractivity contribution in [2.45, 2.75) is 32.5 Å². The highest BCUT2D eigenvalue weighted by atomic mass is 19.4. The number of hydrogen-bond donors (Lipinski definition) is 3. The molecule has 0 radical (unpaired) electrons. The predicted molar refractivity (Wildman–Crippen MR) is 84.8 cm³/mol. The van der Waals surface area contributed by atoms with E-state index in [0.29, 0.717) is 5.69 Å². The monoisotopic (exact) mass is 348 g/mol. The fourth-order valence-corrected chi connectivity index (χ4v) is 2.10. The Morgan fingerprint density at radius 3 is 2.50 bits per heavy atom. The van der Waals surface area contributed by atoms with Gasteiger partial charge in [-0.05, 0) is 37.1 Å². The summed E-state index contributed by atoms with van der Waals surface area (Å²) < 4.78 is 37.1. The van der Waals surface area contributed by atoms with Gasteiger partial charge in [0.2, 0.25) is 5.91 Å². The summed E-state index contributed by atoms with van der Waals surface area (Å²) in [5, 5.41) is 20.9. The van der Waals surface area contributed by atoms with Crippen molar-refractivity contribution in [3.8, 4) is 0 Å². The number of aryl methyl sites for hydroxylation is 2. The van der Waals surface area contributed by atoms with E-state index in [1.54, 1.807) is 12.1 Å². The normalized spacial score (nSPS) is 13.2. The molecule has 5 nitrogen and oxygen atoms in total. The van der Waals surface area contributed by atoms with Crippen molar-refractivity contribution < 1.29 is 28.2 Å². The molecule has 0 bridgehead atoms. The van der Waals surface area contributed by atoms with Crippen LogP contribution in [0.5, 0.6) is 0 Å². The number of halogens is 3. The van der Waals surface area contributed by atoms with E-state index >= 15 is 0 Å². The van der Waals surface area contributed by atoms with Gasteiger partial charge in [0.05, 0.1) is 25.7 Å². The second-order valence-corrected chi connectivity index (χ2v) is 5.78. The van der Waals surface area contributed by atoms with E-state index in [4.69, 9.17) is 5.11 Å². The van der Waals surface area contributed by atoms with Gasteiger partial charge in [0.15, 0.2) is 0 Å². The van der Waals surface area contributed by atoms with Crippen LogP contribution in [0.1, 0.15) is 17.5 Å². The summed E-state index contributed by atoms with van der Waals surface area (Å²) in [4.78, 5) is 13.2. The van der Waals surface area contributed by atoms with Crippen molar-refractivity contribution in [3.05, 3.63) is 29.3 Å². The molecular weight excluding hydrogens is 325 g/mol. The molecule has 8 heteroatoms. The van der Waals surface area contributed by atoms with Gasteiger partial charge < -0.3 is 15.5 Å². The van der Waals surface area contributed by atoms with Crippen molar-refractivity contribution in [2.24, 2.45) is 0 Å². The van der Waals surface area contributed by atoms with E-state index in [0.717, 1.165) is 11.1 Å². The van der Waals surface area contributed by atoms with Crippen LogP contribution in [-0.2, 0) is 4.79 Å². The number of alkyl halides is 3. The summed E-state index contributed by atoms with van der Waals surface area (Å²) in [6, 6.07) is 5.32. The topological polar surface area (TPSA) is 72.8 Å². The summed E-state index contributed by atoms with van der Waals surface area (Å²) in [5.74, 6) is -0.481. The molecule has 136 valence electrons. The molecule has 0 aliphatic rings. The first-order valence-electron chi connectivity index (χ1n) is 7.56. The summed E-state index contributed by atoms with van der Waals surface area (Å²) in [6.07, 6.45) is -6.65. The predicted octanol–water partition coefficient (Wildman–Crippen LogP) is 1.85. The molecule has 1 aromatic carbocycles. The van der Waals surface area contributed by atoms with Crippen LogP contribution < -0.4 is 5.32 Å². The van der Waals surface area contributed by atoms with E-state index in [-0.39, 0.29) is 13.1 Å². The standard InChI is InChI=1S/C16H23F3N2O3/c1-11-3-4-13(7-12(11)2)20-15(24)9-21(8-14(23)10-22)6-5-16(17,18)19/h3-4,7,14,22-23H,5-6,8-10H2,1-2H3,(H,20,24)/t14-/m0/s1. The maximum absolute atomic E-state index is 12.4. The van der Waals surface area contributed by atoms with Gasteiger partial charge in [-0.1, -0.05) is 6.07 Å². The molecular formula is C16H23F3N2O3. The van der Waals surface area contributed by atoms with Gasteiger partial charge in [0.1, 0.15) is 0 Å². The SMILES string of the molecule is Cc1ccc(NC(=O)CN(CCC(F)(F)F)C[C@H](O)CO)cc1C. The molecule has 1 atom stereocenters. The van der Waals surface area contributed by atoms with Crippen LogP contribution in [0.25, 0.3) is 0 Å². The molecule has 0 saturated carbocycles. The Labute approximate surface area is 139 Å². The highest BCUT2D eigenvalue weighted by molar-refractivity contribution is 5.92. The van der Waals surface area contributed by atoms with E-state index < -0.39 is 37.8 Å². The summed E-state index contributed by atoms with van der Waals surface area (Å²) >= 11 is 0. The van der Waals surface area contributed by atoms with Crippen molar-refractivity contribution in [3.63, 3.8) is 0 Å². The van der Waals surface area contributed by atoms with Gasteiger partial charge in [-0.2, -0.15) is 13.2 Å². The Bertz CT molecular complexity index is 550. The third-order valence-electron chi connectivity index (χ3n) is 3.55. The Kier molecular flexibility index (Phi) is 7.65. The Hall–Kier alpha value is -1.64. The Morgan fingerprint density at radius 2 is 1.96 bits per heavy atom. The third kappa shape index (κ3) is 7.76. The number of aliphatic hydroxyl groups is 2. The lowest BCUT2D eigenvalue weighted by Crippen LogP contribution is -2.41. The largest absolute Gasteiger partial charge is 0.394 e. The lowest BCUT2D eigenvalue weighted by atomic mass is 10.1. The molecule has 1 amide bonds. The first kappa shape index (κ1) is 20.4. The average Bonchev–Trinajstić information content (AvgIpc) is 2.47. The zero-order valence-electron chi connectivity index (χ0n) is 13.7. The molecule has 0 fully saturated rings.